The predicted octanol–water partition coefficient (Wildman–Crippen LogP) is 4.40. The van der Waals surface area contributed by atoms with Crippen molar-refractivity contribution in [3.63, 3.8) is 0 Å². The first-order valence-electron chi connectivity index (χ1n) is 10.9. The molecule has 0 heterocycles. The molecule has 0 unspecified atom stereocenters. The summed E-state index contributed by atoms with van der Waals surface area (Å²) in [5.74, 6) is 0.118. The molecule has 0 saturated heterocycles. The number of nitrogens with zero attached hydrogens (tertiary/aromatic N) is 1. The molecule has 1 N–H and O–H groups in total. The summed E-state index contributed by atoms with van der Waals surface area (Å²) in [5, 5.41) is 2.92. The lowest BCUT2D eigenvalue weighted by Gasteiger charge is -2.24. The van der Waals surface area contributed by atoms with E-state index in [9.17, 15) is 13.2 Å². The minimum Gasteiger partial charge on any atom is -0.497 e. The second-order valence-electron chi connectivity index (χ2n) is 7.79. The Hall–Kier alpha value is -3.36. The molecule has 3 aromatic rings. The highest BCUT2D eigenvalue weighted by Gasteiger charge is 2.30. The largest absolute Gasteiger partial charge is 0.497 e. The molecular formula is C26H30N2O5S. The third-order valence-electron chi connectivity index (χ3n) is 5.51. The van der Waals surface area contributed by atoms with Gasteiger partial charge in [-0.1, -0.05) is 55.5 Å². The van der Waals surface area contributed by atoms with Crippen LogP contribution in [-0.2, 0) is 27.8 Å². The summed E-state index contributed by atoms with van der Waals surface area (Å²) in [4.78, 5) is 13.0. The van der Waals surface area contributed by atoms with E-state index in [2.05, 4.69) is 5.32 Å². The Labute approximate surface area is 201 Å². The number of nitrogens with one attached hydrogen (secondary N) is 1. The van der Waals surface area contributed by atoms with Crippen molar-refractivity contribution in [2.75, 3.05) is 26.1 Å². The molecule has 0 saturated carbocycles. The Bertz CT molecular complexity index is 1240. The fraction of sp³-hybridized carbons (Fsp3) is 0.269. The second kappa shape index (κ2) is 11.2. The number of sulfonamides is 1. The number of para-hydroxylation sites is 1. The normalized spacial score (nSPS) is 11.3. The minimum atomic E-state index is -4.12. The Morgan fingerprint density at radius 3 is 2.35 bits per heavy atom. The highest BCUT2D eigenvalue weighted by Crippen LogP contribution is 2.31. The molecule has 1 amide bonds. The van der Waals surface area contributed by atoms with E-state index in [0.29, 0.717) is 11.4 Å². The van der Waals surface area contributed by atoms with Crippen molar-refractivity contribution in [1.29, 1.82) is 0 Å². The summed E-state index contributed by atoms with van der Waals surface area (Å²) in [6.45, 7) is 3.57. The van der Waals surface area contributed by atoms with Gasteiger partial charge in [0, 0.05) is 18.3 Å². The highest BCUT2D eigenvalue weighted by atomic mass is 32.2. The molecule has 180 valence electrons. The number of anilines is 1. The average Bonchev–Trinajstić information content (AvgIpc) is 2.85. The van der Waals surface area contributed by atoms with Crippen LogP contribution < -0.4 is 14.8 Å². The first-order chi connectivity index (χ1) is 16.3. The van der Waals surface area contributed by atoms with Gasteiger partial charge in [0.1, 0.15) is 16.4 Å². The zero-order valence-electron chi connectivity index (χ0n) is 19.9. The van der Waals surface area contributed by atoms with Gasteiger partial charge in [-0.15, -0.1) is 0 Å². The SMILES string of the molecule is CCc1cccc(C)c1NC(=O)CN(Cc1ccccc1)S(=O)(=O)c1cc(OC)ccc1OC. The summed E-state index contributed by atoms with van der Waals surface area (Å²) in [6.07, 6.45) is 0.740. The Kier molecular flexibility index (Phi) is 8.31. The van der Waals surface area contributed by atoms with Gasteiger partial charge in [0.25, 0.3) is 0 Å². The molecular weight excluding hydrogens is 452 g/mol. The van der Waals surface area contributed by atoms with Crippen molar-refractivity contribution >= 4 is 21.6 Å². The van der Waals surface area contributed by atoms with Crippen molar-refractivity contribution in [3.8, 4) is 11.5 Å². The fourth-order valence-electron chi connectivity index (χ4n) is 3.68. The van der Waals surface area contributed by atoms with Crippen LogP contribution in [0.15, 0.2) is 71.6 Å². The van der Waals surface area contributed by atoms with Crippen molar-refractivity contribution in [2.45, 2.75) is 31.7 Å². The van der Waals surface area contributed by atoms with Gasteiger partial charge in [-0.2, -0.15) is 4.31 Å². The number of amides is 1. The lowest BCUT2D eigenvalue weighted by molar-refractivity contribution is -0.116. The Morgan fingerprint density at radius 1 is 0.971 bits per heavy atom. The van der Waals surface area contributed by atoms with Crippen LogP contribution in [0.4, 0.5) is 5.69 Å². The number of rotatable bonds is 10. The maximum atomic E-state index is 13.8. The van der Waals surface area contributed by atoms with E-state index in [4.69, 9.17) is 9.47 Å². The molecule has 0 aliphatic carbocycles. The molecule has 0 aromatic heterocycles. The number of aryl methyl sites for hydroxylation is 2. The van der Waals surface area contributed by atoms with Crippen LogP contribution in [0.2, 0.25) is 0 Å². The summed E-state index contributed by atoms with van der Waals surface area (Å²) in [6, 6.07) is 19.5. The molecule has 0 aliphatic rings. The topological polar surface area (TPSA) is 84.9 Å². The maximum Gasteiger partial charge on any atom is 0.247 e. The van der Waals surface area contributed by atoms with Crippen molar-refractivity contribution in [3.05, 3.63) is 83.4 Å². The van der Waals surface area contributed by atoms with Crippen molar-refractivity contribution < 1.29 is 22.7 Å². The quantitative estimate of drug-likeness (QED) is 0.463. The summed E-state index contributed by atoms with van der Waals surface area (Å²) < 4.78 is 39.2. The van der Waals surface area contributed by atoms with E-state index in [1.54, 1.807) is 6.07 Å². The lowest BCUT2D eigenvalue weighted by Crippen LogP contribution is -2.38. The van der Waals surface area contributed by atoms with Crippen LogP contribution in [0.1, 0.15) is 23.6 Å². The van der Waals surface area contributed by atoms with Gasteiger partial charge in [-0.25, -0.2) is 8.42 Å². The lowest BCUT2D eigenvalue weighted by atomic mass is 10.1. The number of ether oxygens (including phenoxy) is 2. The van der Waals surface area contributed by atoms with Crippen LogP contribution in [0.3, 0.4) is 0 Å². The summed E-state index contributed by atoms with van der Waals surface area (Å²) in [5.41, 5.74) is 3.37. The Balaban J connectivity index is 1.99. The molecule has 3 aromatic carbocycles. The molecule has 0 aliphatic heterocycles. The van der Waals surface area contributed by atoms with E-state index in [-0.39, 0.29) is 23.7 Å². The molecule has 8 heteroatoms. The van der Waals surface area contributed by atoms with Gasteiger partial charge < -0.3 is 14.8 Å². The standard InChI is InChI=1S/C26H30N2O5S/c1-5-21-13-9-10-19(2)26(21)27-25(29)18-28(17-20-11-7-6-8-12-20)34(30,31)24-16-22(32-3)14-15-23(24)33-4/h6-16H,5,17-18H2,1-4H3,(H,27,29). The smallest absolute Gasteiger partial charge is 0.247 e. The van der Waals surface area contributed by atoms with Gasteiger partial charge in [-0.05, 0) is 42.2 Å². The van der Waals surface area contributed by atoms with Crippen molar-refractivity contribution in [1.82, 2.24) is 4.31 Å². The molecule has 0 fully saturated rings. The third kappa shape index (κ3) is 5.76. The highest BCUT2D eigenvalue weighted by molar-refractivity contribution is 7.89. The van der Waals surface area contributed by atoms with Crippen molar-refractivity contribution in [2.24, 2.45) is 0 Å². The van der Waals surface area contributed by atoms with E-state index in [1.165, 1.54) is 26.4 Å². The number of benzene rings is 3. The van der Waals surface area contributed by atoms with Crippen LogP contribution in [-0.4, -0.2) is 39.4 Å². The van der Waals surface area contributed by atoms with Gasteiger partial charge in [0.05, 0.1) is 20.8 Å². The summed E-state index contributed by atoms with van der Waals surface area (Å²) >= 11 is 0. The molecule has 0 radical (unpaired) electrons. The molecule has 0 atom stereocenters. The molecule has 0 spiro atoms. The summed E-state index contributed by atoms with van der Waals surface area (Å²) in [7, 11) is -1.26. The second-order valence-corrected chi connectivity index (χ2v) is 9.69. The monoisotopic (exact) mass is 482 g/mol. The number of hydrogen-bond acceptors (Lipinski definition) is 5. The van der Waals surface area contributed by atoms with Gasteiger partial charge >= 0.3 is 0 Å². The molecule has 0 bridgehead atoms. The number of carbonyl (C=O) groups is 1. The van der Waals surface area contributed by atoms with E-state index in [0.717, 1.165) is 27.4 Å². The zero-order chi connectivity index (χ0) is 24.7. The first-order valence-corrected chi connectivity index (χ1v) is 12.4. The average molecular weight is 483 g/mol. The van der Waals surface area contributed by atoms with Gasteiger partial charge in [0.15, 0.2) is 0 Å². The minimum absolute atomic E-state index is 0.0192. The number of methoxy groups -OCH3 is 2. The maximum absolute atomic E-state index is 13.8. The molecule has 7 nitrogen and oxygen atoms in total. The van der Waals surface area contributed by atoms with Gasteiger partial charge in [0.2, 0.25) is 15.9 Å². The number of hydrogen-bond donors (Lipinski definition) is 1. The Morgan fingerprint density at radius 2 is 1.71 bits per heavy atom. The van der Waals surface area contributed by atoms with E-state index in [1.807, 2.05) is 62.4 Å². The van der Waals surface area contributed by atoms with Crippen LogP contribution in [0, 0.1) is 6.92 Å². The van der Waals surface area contributed by atoms with E-state index >= 15 is 0 Å². The van der Waals surface area contributed by atoms with Crippen LogP contribution >= 0.6 is 0 Å². The first kappa shape index (κ1) is 25.3. The van der Waals surface area contributed by atoms with Crippen LogP contribution in [0.5, 0.6) is 11.5 Å². The molecule has 34 heavy (non-hydrogen) atoms. The van der Waals surface area contributed by atoms with E-state index < -0.39 is 15.9 Å². The molecule has 3 rings (SSSR count). The number of carbonyl (C=O) groups excluding carboxylic acids is 1. The fourth-order valence-corrected chi connectivity index (χ4v) is 5.23. The predicted molar refractivity (Wildman–Crippen MR) is 133 cm³/mol. The third-order valence-corrected chi connectivity index (χ3v) is 7.33. The van der Waals surface area contributed by atoms with Gasteiger partial charge in [-0.3, -0.25) is 4.79 Å². The van der Waals surface area contributed by atoms with Crippen LogP contribution in [0.25, 0.3) is 0 Å². The zero-order valence-corrected chi connectivity index (χ0v) is 20.7.